The number of nitrogens with zero attached hydrogens (tertiary/aromatic N) is 1. The standard InChI is InChI=1S/C27H25BrN4O5S/c28-21-13-18(10-11-20(21)24-15-26(33)32-38(24,35)36)12-19(14-25-30-22-8-4-5-9-23(22)31-25)29-27(34)37-16-17-6-2-1-3-7-17/h1-11,13,19,24H,12,14-16H2,(H,29,34)(H,30,31)(H,32,33)/t19-,24?/m0/s1. The number of hydrogen-bond acceptors (Lipinski definition) is 6. The van der Waals surface area contributed by atoms with E-state index in [9.17, 15) is 18.0 Å². The predicted octanol–water partition coefficient (Wildman–Crippen LogP) is 4.30. The lowest BCUT2D eigenvalue weighted by Gasteiger charge is -2.19. The van der Waals surface area contributed by atoms with Crippen LogP contribution in [0, 0.1) is 0 Å². The number of aromatic amines is 1. The molecular weight excluding hydrogens is 572 g/mol. The lowest BCUT2D eigenvalue weighted by Crippen LogP contribution is -2.38. The number of carbonyl (C=O) groups excluding carboxylic acids is 2. The molecule has 196 valence electrons. The first-order chi connectivity index (χ1) is 18.3. The molecule has 1 saturated heterocycles. The van der Waals surface area contributed by atoms with E-state index in [1.54, 1.807) is 12.1 Å². The molecule has 2 heterocycles. The van der Waals surface area contributed by atoms with Crippen molar-refractivity contribution >= 4 is 49.0 Å². The predicted molar refractivity (Wildman–Crippen MR) is 146 cm³/mol. The first-order valence-corrected chi connectivity index (χ1v) is 14.3. The van der Waals surface area contributed by atoms with Crippen LogP contribution in [-0.4, -0.2) is 36.4 Å². The molecule has 0 bridgehead atoms. The maximum Gasteiger partial charge on any atom is 0.407 e. The largest absolute Gasteiger partial charge is 0.445 e. The minimum atomic E-state index is -3.76. The van der Waals surface area contributed by atoms with Crippen LogP contribution in [0.2, 0.25) is 0 Å². The third-order valence-corrected chi connectivity index (χ3v) is 8.68. The Labute approximate surface area is 228 Å². The van der Waals surface area contributed by atoms with E-state index >= 15 is 0 Å². The van der Waals surface area contributed by atoms with Gasteiger partial charge in [0.15, 0.2) is 0 Å². The first-order valence-electron chi connectivity index (χ1n) is 12.0. The number of amides is 2. The molecule has 2 atom stereocenters. The zero-order valence-corrected chi connectivity index (χ0v) is 22.6. The summed E-state index contributed by atoms with van der Waals surface area (Å²) in [6.45, 7) is 0.146. The Morgan fingerprint density at radius 1 is 1.05 bits per heavy atom. The van der Waals surface area contributed by atoms with Gasteiger partial charge in [0.2, 0.25) is 15.9 Å². The summed E-state index contributed by atoms with van der Waals surface area (Å²) in [5.74, 6) is 0.201. The molecule has 0 aliphatic carbocycles. The average molecular weight is 597 g/mol. The molecule has 3 aromatic carbocycles. The van der Waals surface area contributed by atoms with Gasteiger partial charge in [-0.2, -0.15) is 0 Å². The maximum absolute atomic E-state index is 12.7. The molecule has 2 amide bonds. The number of rotatable bonds is 8. The quantitative estimate of drug-likeness (QED) is 0.278. The van der Waals surface area contributed by atoms with E-state index < -0.39 is 27.3 Å². The number of nitrogens with one attached hydrogen (secondary N) is 3. The number of imidazole rings is 1. The molecule has 1 unspecified atom stereocenters. The van der Waals surface area contributed by atoms with E-state index in [-0.39, 0.29) is 19.1 Å². The van der Waals surface area contributed by atoms with Gasteiger partial charge >= 0.3 is 6.09 Å². The third kappa shape index (κ3) is 6.05. The summed E-state index contributed by atoms with van der Waals surface area (Å²) < 4.78 is 32.7. The average Bonchev–Trinajstić information content (AvgIpc) is 3.41. The second-order valence-electron chi connectivity index (χ2n) is 9.13. The van der Waals surface area contributed by atoms with Gasteiger partial charge < -0.3 is 15.0 Å². The van der Waals surface area contributed by atoms with Gasteiger partial charge in [0.25, 0.3) is 0 Å². The number of alkyl carbamates (subject to hydrolysis) is 1. The van der Waals surface area contributed by atoms with Crippen molar-refractivity contribution < 1.29 is 22.7 Å². The number of fused-ring (bicyclic) bond motifs is 1. The van der Waals surface area contributed by atoms with Crippen molar-refractivity contribution in [2.24, 2.45) is 0 Å². The Kier molecular flexibility index (Phi) is 7.48. The number of carbonyl (C=O) groups is 2. The van der Waals surface area contributed by atoms with Crippen LogP contribution in [0.25, 0.3) is 11.0 Å². The van der Waals surface area contributed by atoms with Gasteiger partial charge in [0, 0.05) is 16.9 Å². The van der Waals surface area contributed by atoms with Crippen LogP contribution in [-0.2, 0) is 39.0 Å². The summed E-state index contributed by atoms with van der Waals surface area (Å²) in [4.78, 5) is 32.3. The van der Waals surface area contributed by atoms with E-state index in [2.05, 4.69) is 31.2 Å². The van der Waals surface area contributed by atoms with Gasteiger partial charge in [-0.15, -0.1) is 0 Å². The summed E-state index contributed by atoms with van der Waals surface area (Å²) in [6.07, 6.45) is 0.186. The molecule has 9 nitrogen and oxygen atoms in total. The molecular formula is C27H25BrN4O5S. The molecule has 4 aromatic rings. The van der Waals surface area contributed by atoms with Crippen molar-refractivity contribution in [1.82, 2.24) is 20.0 Å². The van der Waals surface area contributed by atoms with Crippen molar-refractivity contribution in [3.05, 3.63) is 99.8 Å². The Morgan fingerprint density at radius 2 is 1.82 bits per heavy atom. The number of H-pyrrole nitrogens is 1. The minimum absolute atomic E-state index is 0.121. The van der Waals surface area contributed by atoms with Crippen molar-refractivity contribution in [2.75, 3.05) is 0 Å². The SMILES string of the molecule is O=C1CC(c2ccc(C[C@@H](Cc3nc4ccccc4[nH]3)NC(=O)OCc3ccccc3)cc2Br)S(=O)(=O)N1. The second kappa shape index (κ2) is 11.0. The van der Waals surface area contributed by atoms with Gasteiger partial charge in [-0.1, -0.05) is 70.5 Å². The van der Waals surface area contributed by atoms with E-state index in [1.165, 1.54) is 0 Å². The molecule has 0 radical (unpaired) electrons. The normalized spacial score (nSPS) is 17.2. The first kappa shape index (κ1) is 25.9. The molecule has 1 aliphatic heterocycles. The summed E-state index contributed by atoms with van der Waals surface area (Å²) >= 11 is 3.48. The van der Waals surface area contributed by atoms with Crippen molar-refractivity contribution in [3.63, 3.8) is 0 Å². The molecule has 5 rings (SSSR count). The highest BCUT2D eigenvalue weighted by Gasteiger charge is 2.38. The number of aromatic nitrogens is 2. The van der Waals surface area contributed by atoms with Crippen LogP contribution in [0.1, 0.15) is 34.2 Å². The lowest BCUT2D eigenvalue weighted by molar-refractivity contribution is -0.118. The number of benzene rings is 3. The second-order valence-corrected chi connectivity index (χ2v) is 11.8. The Balaban J connectivity index is 1.34. The van der Waals surface area contributed by atoms with Crippen molar-refractivity contribution in [2.45, 2.75) is 37.2 Å². The monoisotopic (exact) mass is 596 g/mol. The summed E-state index contributed by atoms with van der Waals surface area (Å²) in [5.41, 5.74) is 3.99. The fraction of sp³-hybridized carbons (Fsp3) is 0.222. The molecule has 1 aliphatic rings. The van der Waals surface area contributed by atoms with Crippen molar-refractivity contribution in [1.29, 1.82) is 0 Å². The molecule has 1 fully saturated rings. The highest BCUT2D eigenvalue weighted by Crippen LogP contribution is 2.35. The topological polar surface area (TPSA) is 130 Å². The van der Waals surface area contributed by atoms with Crippen LogP contribution >= 0.6 is 15.9 Å². The van der Waals surface area contributed by atoms with E-state index in [4.69, 9.17) is 4.74 Å². The Hall–Kier alpha value is -3.70. The molecule has 0 spiro atoms. The van der Waals surface area contributed by atoms with Crippen LogP contribution in [0.3, 0.4) is 0 Å². The van der Waals surface area contributed by atoms with Crippen LogP contribution in [0.4, 0.5) is 4.79 Å². The van der Waals surface area contributed by atoms with E-state index in [1.807, 2.05) is 65.4 Å². The fourth-order valence-corrected chi connectivity index (χ4v) is 6.82. The summed E-state index contributed by atoms with van der Waals surface area (Å²) in [6, 6.07) is 22.1. The highest BCUT2D eigenvalue weighted by atomic mass is 79.9. The fourth-order valence-electron chi connectivity index (χ4n) is 4.51. The Morgan fingerprint density at radius 3 is 2.53 bits per heavy atom. The smallest absolute Gasteiger partial charge is 0.407 e. The molecule has 38 heavy (non-hydrogen) atoms. The zero-order valence-electron chi connectivity index (χ0n) is 20.2. The molecule has 0 saturated carbocycles. The summed E-state index contributed by atoms with van der Waals surface area (Å²) in [5, 5.41) is 2.00. The number of sulfonamides is 1. The van der Waals surface area contributed by atoms with Gasteiger partial charge in [-0.05, 0) is 41.3 Å². The van der Waals surface area contributed by atoms with Crippen LogP contribution < -0.4 is 10.0 Å². The van der Waals surface area contributed by atoms with Gasteiger partial charge in [0.05, 0.1) is 17.5 Å². The van der Waals surface area contributed by atoms with Crippen LogP contribution in [0.15, 0.2) is 77.3 Å². The number of para-hydroxylation sites is 2. The minimum Gasteiger partial charge on any atom is -0.445 e. The van der Waals surface area contributed by atoms with Gasteiger partial charge in [-0.3, -0.25) is 9.52 Å². The molecule has 11 heteroatoms. The number of ether oxygens (including phenoxy) is 1. The van der Waals surface area contributed by atoms with Crippen LogP contribution in [0.5, 0.6) is 0 Å². The Bertz CT molecular complexity index is 1560. The van der Waals surface area contributed by atoms with Crippen molar-refractivity contribution in [3.8, 4) is 0 Å². The lowest BCUT2D eigenvalue weighted by atomic mass is 10.00. The van der Waals surface area contributed by atoms with E-state index in [0.29, 0.717) is 22.9 Å². The van der Waals surface area contributed by atoms with Gasteiger partial charge in [0.1, 0.15) is 17.7 Å². The number of hydrogen-bond donors (Lipinski definition) is 3. The molecule has 1 aromatic heterocycles. The summed E-state index contributed by atoms with van der Waals surface area (Å²) in [7, 11) is -3.76. The third-order valence-electron chi connectivity index (χ3n) is 6.31. The maximum atomic E-state index is 12.7. The zero-order chi connectivity index (χ0) is 26.7. The molecule has 3 N–H and O–H groups in total. The van der Waals surface area contributed by atoms with Gasteiger partial charge in [-0.25, -0.2) is 18.2 Å². The number of halogens is 1. The highest BCUT2D eigenvalue weighted by molar-refractivity contribution is 9.10. The van der Waals surface area contributed by atoms with E-state index in [0.717, 1.165) is 28.0 Å².